The van der Waals surface area contributed by atoms with Gasteiger partial charge >= 0.3 is 0 Å². The second-order valence-electron chi connectivity index (χ2n) is 5.58. The number of aryl methyl sites for hydroxylation is 1. The normalized spacial score (nSPS) is 10.8. The molecule has 1 rings (SSSR count). The fourth-order valence-electron chi connectivity index (χ4n) is 2.40. The average Bonchev–Trinajstić information content (AvgIpc) is 2.55. The molecule has 3 heteroatoms. The van der Waals surface area contributed by atoms with Crippen LogP contribution in [0.15, 0.2) is 24.3 Å². The molecule has 126 valence electrons. The molecule has 0 heterocycles. The number of para-hydroxylation sites is 1. The lowest BCUT2D eigenvalue weighted by molar-refractivity contribution is 0.0543. The van der Waals surface area contributed by atoms with Crippen molar-refractivity contribution in [2.75, 3.05) is 33.5 Å². The Labute approximate surface area is 136 Å². The molecule has 0 fully saturated rings. The van der Waals surface area contributed by atoms with E-state index in [0.29, 0.717) is 26.4 Å². The lowest BCUT2D eigenvalue weighted by atomic mass is 10.0. The zero-order valence-corrected chi connectivity index (χ0v) is 14.3. The molecule has 0 spiro atoms. The van der Waals surface area contributed by atoms with Crippen molar-refractivity contribution in [2.24, 2.45) is 0 Å². The van der Waals surface area contributed by atoms with Crippen LogP contribution in [-0.4, -0.2) is 33.5 Å². The van der Waals surface area contributed by atoms with Crippen LogP contribution in [0.4, 0.5) is 0 Å². The van der Waals surface area contributed by atoms with Crippen LogP contribution in [-0.2, 0) is 15.9 Å². The van der Waals surface area contributed by atoms with Crippen LogP contribution in [0.5, 0.6) is 5.75 Å². The first-order valence-electron chi connectivity index (χ1n) is 8.66. The van der Waals surface area contributed by atoms with Gasteiger partial charge < -0.3 is 14.2 Å². The van der Waals surface area contributed by atoms with E-state index in [1.165, 1.54) is 44.1 Å². The first kappa shape index (κ1) is 19.0. The van der Waals surface area contributed by atoms with Crippen LogP contribution in [0, 0.1) is 0 Å². The number of hydrogen-bond donors (Lipinski definition) is 0. The third-order valence-electron chi connectivity index (χ3n) is 3.69. The summed E-state index contributed by atoms with van der Waals surface area (Å²) < 4.78 is 16.2. The van der Waals surface area contributed by atoms with Crippen molar-refractivity contribution in [3.05, 3.63) is 29.8 Å². The van der Waals surface area contributed by atoms with Crippen LogP contribution in [0.25, 0.3) is 0 Å². The van der Waals surface area contributed by atoms with Gasteiger partial charge in [0.1, 0.15) is 12.4 Å². The molecule has 0 saturated carbocycles. The molecular formula is C19H32O3. The van der Waals surface area contributed by atoms with Crippen molar-refractivity contribution in [1.82, 2.24) is 0 Å². The summed E-state index contributed by atoms with van der Waals surface area (Å²) >= 11 is 0. The van der Waals surface area contributed by atoms with Gasteiger partial charge in [-0.1, -0.05) is 57.2 Å². The number of hydrogen-bond acceptors (Lipinski definition) is 3. The topological polar surface area (TPSA) is 27.7 Å². The second-order valence-corrected chi connectivity index (χ2v) is 5.58. The number of benzene rings is 1. The molecule has 1 aromatic rings. The molecule has 0 bridgehead atoms. The lowest BCUT2D eigenvalue weighted by Gasteiger charge is -2.11. The van der Waals surface area contributed by atoms with E-state index < -0.39 is 0 Å². The largest absolute Gasteiger partial charge is 0.491 e. The zero-order valence-electron chi connectivity index (χ0n) is 14.3. The van der Waals surface area contributed by atoms with Crippen molar-refractivity contribution in [2.45, 2.75) is 51.9 Å². The van der Waals surface area contributed by atoms with Gasteiger partial charge in [0.15, 0.2) is 0 Å². The third kappa shape index (κ3) is 9.06. The van der Waals surface area contributed by atoms with Gasteiger partial charge in [0.25, 0.3) is 0 Å². The molecule has 1 aromatic carbocycles. The first-order chi connectivity index (χ1) is 10.9. The molecule has 0 aliphatic heterocycles. The summed E-state index contributed by atoms with van der Waals surface area (Å²) in [6.45, 7) is 4.71. The predicted octanol–water partition coefficient (Wildman–Crippen LogP) is 4.63. The van der Waals surface area contributed by atoms with Crippen molar-refractivity contribution >= 4 is 0 Å². The Balaban J connectivity index is 2.20. The smallest absolute Gasteiger partial charge is 0.122 e. The summed E-state index contributed by atoms with van der Waals surface area (Å²) in [5, 5.41) is 0. The molecule has 0 N–H and O–H groups in total. The lowest BCUT2D eigenvalue weighted by Crippen LogP contribution is -2.10. The molecule has 0 unspecified atom stereocenters. The van der Waals surface area contributed by atoms with Gasteiger partial charge in [-0.25, -0.2) is 0 Å². The fourth-order valence-corrected chi connectivity index (χ4v) is 2.40. The second kappa shape index (κ2) is 13.6. The van der Waals surface area contributed by atoms with Crippen molar-refractivity contribution in [1.29, 1.82) is 0 Å². The van der Waals surface area contributed by atoms with Gasteiger partial charge in [-0.05, 0) is 24.5 Å². The van der Waals surface area contributed by atoms with Crippen LogP contribution in [0.3, 0.4) is 0 Å². The highest BCUT2D eigenvalue weighted by Gasteiger charge is 2.03. The molecule has 0 aliphatic carbocycles. The molecule has 0 amide bonds. The Bertz CT molecular complexity index is 330. The maximum absolute atomic E-state index is 5.85. The van der Waals surface area contributed by atoms with Crippen molar-refractivity contribution < 1.29 is 14.2 Å². The number of rotatable bonds is 14. The molecule has 3 nitrogen and oxygen atoms in total. The third-order valence-corrected chi connectivity index (χ3v) is 3.69. The minimum atomic E-state index is 0.594. The van der Waals surface area contributed by atoms with Gasteiger partial charge in [-0.2, -0.15) is 0 Å². The van der Waals surface area contributed by atoms with E-state index >= 15 is 0 Å². The molecule has 0 radical (unpaired) electrons. The Morgan fingerprint density at radius 3 is 2.36 bits per heavy atom. The highest BCUT2D eigenvalue weighted by Crippen LogP contribution is 2.20. The highest BCUT2D eigenvalue weighted by molar-refractivity contribution is 5.33. The van der Waals surface area contributed by atoms with Gasteiger partial charge in [0.05, 0.1) is 19.8 Å². The summed E-state index contributed by atoms with van der Waals surface area (Å²) in [5.74, 6) is 1.01. The van der Waals surface area contributed by atoms with Gasteiger partial charge in [0.2, 0.25) is 0 Å². The molecule has 0 atom stereocenters. The minimum absolute atomic E-state index is 0.594. The maximum Gasteiger partial charge on any atom is 0.122 e. The Kier molecular flexibility index (Phi) is 11.7. The molecular weight excluding hydrogens is 276 g/mol. The summed E-state index contributed by atoms with van der Waals surface area (Å²) in [7, 11) is 1.68. The molecule has 0 aliphatic rings. The summed E-state index contributed by atoms with van der Waals surface area (Å²) in [4.78, 5) is 0. The maximum atomic E-state index is 5.85. The first-order valence-corrected chi connectivity index (χ1v) is 8.66. The number of methoxy groups -OCH3 is 1. The molecule has 22 heavy (non-hydrogen) atoms. The molecule has 0 aromatic heterocycles. The van der Waals surface area contributed by atoms with Crippen LogP contribution >= 0.6 is 0 Å². The monoisotopic (exact) mass is 308 g/mol. The van der Waals surface area contributed by atoms with E-state index in [1.54, 1.807) is 7.11 Å². The van der Waals surface area contributed by atoms with E-state index in [-0.39, 0.29) is 0 Å². The highest BCUT2D eigenvalue weighted by atomic mass is 16.5. The Morgan fingerprint density at radius 2 is 1.55 bits per heavy atom. The summed E-state index contributed by atoms with van der Waals surface area (Å²) in [6.07, 6.45) is 9.05. The zero-order chi connectivity index (χ0) is 15.9. The average molecular weight is 308 g/mol. The van der Waals surface area contributed by atoms with E-state index in [4.69, 9.17) is 14.2 Å². The van der Waals surface area contributed by atoms with E-state index in [9.17, 15) is 0 Å². The van der Waals surface area contributed by atoms with Crippen LogP contribution in [0.2, 0.25) is 0 Å². The van der Waals surface area contributed by atoms with E-state index in [1.807, 2.05) is 6.07 Å². The predicted molar refractivity (Wildman–Crippen MR) is 91.7 cm³/mol. The van der Waals surface area contributed by atoms with Gasteiger partial charge in [-0.3, -0.25) is 0 Å². The van der Waals surface area contributed by atoms with Crippen molar-refractivity contribution in [3.8, 4) is 5.75 Å². The number of ether oxygens (including phenoxy) is 3. The van der Waals surface area contributed by atoms with E-state index in [2.05, 4.69) is 25.1 Å². The minimum Gasteiger partial charge on any atom is -0.491 e. The van der Waals surface area contributed by atoms with Crippen LogP contribution in [0.1, 0.15) is 51.0 Å². The summed E-state index contributed by atoms with van der Waals surface area (Å²) in [5.41, 5.74) is 1.31. The SMILES string of the molecule is CCCCCCCCc1ccccc1OCCOCCOC. The summed E-state index contributed by atoms with van der Waals surface area (Å²) in [6, 6.07) is 8.36. The molecule has 0 saturated heterocycles. The number of unbranched alkanes of at least 4 members (excludes halogenated alkanes) is 5. The Hall–Kier alpha value is -1.06. The fraction of sp³-hybridized carbons (Fsp3) is 0.684. The Morgan fingerprint density at radius 1 is 0.818 bits per heavy atom. The van der Waals surface area contributed by atoms with Gasteiger partial charge in [-0.15, -0.1) is 0 Å². The van der Waals surface area contributed by atoms with Gasteiger partial charge in [0, 0.05) is 7.11 Å². The van der Waals surface area contributed by atoms with Crippen molar-refractivity contribution in [3.63, 3.8) is 0 Å². The van der Waals surface area contributed by atoms with E-state index in [0.717, 1.165) is 12.2 Å². The standard InChI is InChI=1S/C19H32O3/c1-3-4-5-6-7-8-11-18-12-9-10-13-19(18)22-17-16-21-15-14-20-2/h9-10,12-13H,3-8,11,14-17H2,1-2H3. The quantitative estimate of drug-likeness (QED) is 0.469. The van der Waals surface area contributed by atoms with Crippen LogP contribution < -0.4 is 4.74 Å².